The van der Waals surface area contributed by atoms with Crippen molar-refractivity contribution in [3.8, 4) is 0 Å². The Labute approximate surface area is 93.2 Å². The molecular weight excluding hydrogens is 264 g/mol. The predicted octanol–water partition coefficient (Wildman–Crippen LogP) is 1.43. The molecule has 1 rings (SSSR count). The van der Waals surface area contributed by atoms with Gasteiger partial charge in [0, 0.05) is 22.8 Å². The Hall–Kier alpha value is -1.74. The number of nitrogens with zero attached hydrogens (tertiary/aromatic N) is 2. The Morgan fingerprint density at radius 2 is 1.38 bits per heavy atom. The number of nitro benzene ring substituents is 2. The molecular formula is C6H3ClN2O6S. The molecule has 86 valence electrons. The highest BCUT2D eigenvalue weighted by Gasteiger charge is 2.21. The summed E-state index contributed by atoms with van der Waals surface area (Å²) in [5.74, 6) is 0. The van der Waals surface area contributed by atoms with Crippen molar-refractivity contribution in [1.82, 2.24) is 0 Å². The Bertz CT molecular complexity index is 536. The molecule has 0 aliphatic rings. The minimum atomic E-state index is -4.25. The zero-order chi connectivity index (χ0) is 12.5. The van der Waals surface area contributed by atoms with Gasteiger partial charge < -0.3 is 0 Å². The van der Waals surface area contributed by atoms with E-state index < -0.39 is 35.2 Å². The SMILES string of the molecule is O=[N+]([O-])c1cc([N+](=O)[O-])cc(S(=O)(=O)Cl)c1. The van der Waals surface area contributed by atoms with E-state index in [-0.39, 0.29) is 0 Å². The van der Waals surface area contributed by atoms with E-state index in [0.29, 0.717) is 18.2 Å². The van der Waals surface area contributed by atoms with Gasteiger partial charge in [0.05, 0.1) is 20.8 Å². The first-order valence-electron chi connectivity index (χ1n) is 3.60. The van der Waals surface area contributed by atoms with Gasteiger partial charge in [-0.3, -0.25) is 20.2 Å². The molecule has 0 bridgehead atoms. The van der Waals surface area contributed by atoms with E-state index in [1.807, 2.05) is 0 Å². The Balaban J connectivity index is 3.54. The van der Waals surface area contributed by atoms with Crippen LogP contribution in [0.25, 0.3) is 0 Å². The second-order valence-electron chi connectivity index (χ2n) is 2.64. The Morgan fingerprint density at radius 3 is 1.62 bits per heavy atom. The molecule has 0 atom stereocenters. The molecule has 0 N–H and O–H groups in total. The van der Waals surface area contributed by atoms with E-state index in [1.54, 1.807) is 0 Å². The fourth-order valence-corrected chi connectivity index (χ4v) is 1.71. The molecule has 0 spiro atoms. The van der Waals surface area contributed by atoms with Crippen LogP contribution >= 0.6 is 10.7 Å². The first-order valence-corrected chi connectivity index (χ1v) is 5.91. The van der Waals surface area contributed by atoms with Crippen LogP contribution in [-0.2, 0) is 9.05 Å². The van der Waals surface area contributed by atoms with E-state index in [2.05, 4.69) is 0 Å². The zero-order valence-electron chi connectivity index (χ0n) is 7.36. The van der Waals surface area contributed by atoms with Crippen LogP contribution in [-0.4, -0.2) is 18.3 Å². The third kappa shape index (κ3) is 2.64. The summed E-state index contributed by atoms with van der Waals surface area (Å²) in [6, 6.07) is 1.94. The van der Waals surface area contributed by atoms with Crippen molar-refractivity contribution in [3.05, 3.63) is 38.4 Å². The zero-order valence-corrected chi connectivity index (χ0v) is 8.93. The average Bonchev–Trinajstić information content (AvgIpc) is 2.15. The lowest BCUT2D eigenvalue weighted by molar-refractivity contribution is -0.394. The van der Waals surface area contributed by atoms with Crippen LogP contribution in [0.3, 0.4) is 0 Å². The van der Waals surface area contributed by atoms with Gasteiger partial charge in [-0.1, -0.05) is 0 Å². The van der Waals surface area contributed by atoms with Gasteiger partial charge in [-0.2, -0.15) is 0 Å². The maximum Gasteiger partial charge on any atom is 0.277 e. The lowest BCUT2D eigenvalue weighted by atomic mass is 10.3. The second kappa shape index (κ2) is 4.02. The summed E-state index contributed by atoms with van der Waals surface area (Å²) >= 11 is 0. The molecule has 0 aliphatic heterocycles. The number of halogens is 1. The predicted molar refractivity (Wildman–Crippen MR) is 52.8 cm³/mol. The first kappa shape index (κ1) is 12.3. The van der Waals surface area contributed by atoms with Crippen molar-refractivity contribution in [1.29, 1.82) is 0 Å². The molecule has 0 amide bonds. The molecule has 0 saturated carbocycles. The van der Waals surface area contributed by atoms with Crippen molar-refractivity contribution in [2.75, 3.05) is 0 Å². The number of hydrogen-bond acceptors (Lipinski definition) is 6. The highest BCUT2D eigenvalue weighted by molar-refractivity contribution is 8.13. The second-order valence-corrected chi connectivity index (χ2v) is 5.20. The van der Waals surface area contributed by atoms with Crippen LogP contribution in [0.4, 0.5) is 11.4 Å². The molecule has 10 heteroatoms. The molecule has 16 heavy (non-hydrogen) atoms. The van der Waals surface area contributed by atoms with Crippen molar-refractivity contribution in [2.24, 2.45) is 0 Å². The van der Waals surface area contributed by atoms with Crippen molar-refractivity contribution in [2.45, 2.75) is 4.90 Å². The van der Waals surface area contributed by atoms with Gasteiger partial charge in [0.1, 0.15) is 0 Å². The largest absolute Gasteiger partial charge is 0.277 e. The topological polar surface area (TPSA) is 120 Å². The standard InChI is InChI=1S/C6H3ClN2O6S/c7-16(14,15)6-2-4(8(10)11)1-5(3-6)9(12)13/h1-3H. The number of rotatable bonds is 3. The smallest absolute Gasteiger partial charge is 0.258 e. The van der Waals surface area contributed by atoms with Crippen LogP contribution in [0.2, 0.25) is 0 Å². The quantitative estimate of drug-likeness (QED) is 0.463. The van der Waals surface area contributed by atoms with Gasteiger partial charge in [0.25, 0.3) is 20.4 Å². The number of nitro groups is 2. The summed E-state index contributed by atoms with van der Waals surface area (Å²) < 4.78 is 21.8. The van der Waals surface area contributed by atoms with E-state index >= 15 is 0 Å². The van der Waals surface area contributed by atoms with Gasteiger partial charge in [0.15, 0.2) is 0 Å². The van der Waals surface area contributed by atoms with E-state index in [0.717, 1.165) is 0 Å². The first-order chi connectivity index (χ1) is 7.21. The Kier molecular flexibility index (Phi) is 3.10. The van der Waals surface area contributed by atoms with Gasteiger partial charge in [0.2, 0.25) is 0 Å². The lowest BCUT2D eigenvalue weighted by Crippen LogP contribution is -1.97. The normalized spacial score (nSPS) is 11.1. The summed E-state index contributed by atoms with van der Waals surface area (Å²) in [4.78, 5) is 18.2. The maximum absolute atomic E-state index is 10.9. The highest BCUT2D eigenvalue weighted by Crippen LogP contribution is 2.27. The molecule has 0 aliphatic carbocycles. The molecule has 0 fully saturated rings. The summed E-state index contributed by atoms with van der Waals surface area (Å²) in [7, 11) is 0.687. The van der Waals surface area contributed by atoms with Crippen LogP contribution < -0.4 is 0 Å². The van der Waals surface area contributed by atoms with Gasteiger partial charge >= 0.3 is 0 Å². The summed E-state index contributed by atoms with van der Waals surface area (Å²) in [5, 5.41) is 20.8. The number of non-ortho nitro benzene ring substituents is 2. The third-order valence-corrected chi connectivity index (χ3v) is 2.91. The molecule has 0 radical (unpaired) electrons. The fourth-order valence-electron chi connectivity index (χ4n) is 0.920. The molecule has 1 aromatic rings. The molecule has 1 aromatic carbocycles. The van der Waals surface area contributed by atoms with Crippen LogP contribution in [0, 0.1) is 20.2 Å². The van der Waals surface area contributed by atoms with E-state index in [4.69, 9.17) is 10.7 Å². The minimum Gasteiger partial charge on any atom is -0.258 e. The van der Waals surface area contributed by atoms with Crippen molar-refractivity contribution < 1.29 is 18.3 Å². The average molecular weight is 267 g/mol. The van der Waals surface area contributed by atoms with Gasteiger partial charge in [-0.15, -0.1) is 0 Å². The van der Waals surface area contributed by atoms with Crippen molar-refractivity contribution in [3.63, 3.8) is 0 Å². The monoisotopic (exact) mass is 266 g/mol. The summed E-state index contributed by atoms with van der Waals surface area (Å²) in [6.07, 6.45) is 0. The molecule has 8 nitrogen and oxygen atoms in total. The molecule has 0 heterocycles. The molecule has 0 saturated heterocycles. The summed E-state index contributed by atoms with van der Waals surface area (Å²) in [5.41, 5.74) is -1.43. The molecule has 0 unspecified atom stereocenters. The Morgan fingerprint density at radius 1 is 1.00 bits per heavy atom. The maximum atomic E-state index is 10.9. The van der Waals surface area contributed by atoms with Crippen molar-refractivity contribution >= 4 is 31.1 Å². The third-order valence-electron chi connectivity index (χ3n) is 1.58. The highest BCUT2D eigenvalue weighted by atomic mass is 35.7. The number of hydrogen-bond donors (Lipinski definition) is 0. The minimum absolute atomic E-state index is 0.644. The number of benzene rings is 1. The summed E-state index contributed by atoms with van der Waals surface area (Å²) in [6.45, 7) is 0. The lowest BCUT2D eigenvalue weighted by Gasteiger charge is -1.97. The van der Waals surface area contributed by atoms with E-state index in [9.17, 15) is 28.6 Å². The van der Waals surface area contributed by atoms with Crippen LogP contribution in [0.1, 0.15) is 0 Å². The van der Waals surface area contributed by atoms with Crippen LogP contribution in [0.15, 0.2) is 23.1 Å². The molecule has 0 aromatic heterocycles. The van der Waals surface area contributed by atoms with E-state index in [1.165, 1.54) is 0 Å². The van der Waals surface area contributed by atoms with Gasteiger partial charge in [-0.05, 0) is 0 Å². The van der Waals surface area contributed by atoms with Gasteiger partial charge in [-0.25, -0.2) is 8.42 Å². The van der Waals surface area contributed by atoms with Crippen LogP contribution in [0.5, 0.6) is 0 Å². The fraction of sp³-hybridized carbons (Fsp3) is 0.